The van der Waals surface area contributed by atoms with E-state index in [0.29, 0.717) is 12.1 Å². The lowest BCUT2D eigenvalue weighted by Crippen LogP contribution is -2.23. The summed E-state index contributed by atoms with van der Waals surface area (Å²) in [6, 6.07) is 5.74. The van der Waals surface area contributed by atoms with Gasteiger partial charge in [0.1, 0.15) is 0 Å². The first kappa shape index (κ1) is 12.3. The number of hydrogen-bond acceptors (Lipinski definition) is 2. The second-order valence-corrected chi connectivity index (χ2v) is 3.46. The van der Waals surface area contributed by atoms with E-state index in [-0.39, 0.29) is 5.91 Å². The number of aryl methyl sites for hydroxylation is 1. The lowest BCUT2D eigenvalue weighted by molar-refractivity contribution is 0.0959. The van der Waals surface area contributed by atoms with Gasteiger partial charge in [0.2, 0.25) is 0 Å². The Balaban J connectivity index is 0.000000606. The normalized spacial score (nSPS) is 13.7. The van der Waals surface area contributed by atoms with Crippen molar-refractivity contribution in [3.8, 4) is 0 Å². The monoisotopic (exact) mass is 218 g/mol. The van der Waals surface area contributed by atoms with Gasteiger partial charge in [0.25, 0.3) is 5.91 Å². The summed E-state index contributed by atoms with van der Waals surface area (Å²) in [5.41, 5.74) is 3.40. The predicted octanol–water partition coefficient (Wildman–Crippen LogP) is 2.69. The number of hydrogen-bond donors (Lipinski definition) is 2. The zero-order valence-electron chi connectivity index (χ0n) is 10.1. The number of anilines is 1. The van der Waals surface area contributed by atoms with Crippen LogP contribution in [-0.2, 0) is 0 Å². The van der Waals surface area contributed by atoms with Crippen LogP contribution in [0.15, 0.2) is 30.5 Å². The van der Waals surface area contributed by atoms with Gasteiger partial charge < -0.3 is 10.6 Å². The third-order valence-electron chi connectivity index (χ3n) is 2.19. The molecule has 0 aromatic heterocycles. The molecule has 3 nitrogen and oxygen atoms in total. The SMILES string of the molecule is C=C1CNC(=O)c2cc(C)ccc2N1.CC. The molecule has 1 aliphatic heterocycles. The smallest absolute Gasteiger partial charge is 0.253 e. The molecule has 0 bridgehead atoms. The van der Waals surface area contributed by atoms with Crippen molar-refractivity contribution in [3.63, 3.8) is 0 Å². The van der Waals surface area contributed by atoms with Gasteiger partial charge in [-0.3, -0.25) is 4.79 Å². The Morgan fingerprint density at radius 3 is 2.69 bits per heavy atom. The molecule has 3 heteroatoms. The standard InChI is InChI=1S/C11H12N2O.C2H6/c1-7-3-4-10-9(5-7)11(14)12-6-8(2)13-10;1-2/h3-5,13H,2,6H2,1H3,(H,12,14);1-2H3. The molecule has 1 aliphatic rings. The molecule has 0 radical (unpaired) electrons. The highest BCUT2D eigenvalue weighted by Gasteiger charge is 2.15. The molecule has 0 saturated heterocycles. The first-order valence-electron chi connectivity index (χ1n) is 5.50. The molecule has 0 saturated carbocycles. The zero-order valence-corrected chi connectivity index (χ0v) is 10.1. The maximum Gasteiger partial charge on any atom is 0.253 e. The fourth-order valence-electron chi connectivity index (χ4n) is 1.47. The summed E-state index contributed by atoms with van der Waals surface area (Å²) in [5.74, 6) is -0.0464. The van der Waals surface area contributed by atoms with Crippen LogP contribution in [0.1, 0.15) is 29.8 Å². The molecule has 0 fully saturated rings. The van der Waals surface area contributed by atoms with E-state index in [0.717, 1.165) is 16.9 Å². The Labute approximate surface area is 96.6 Å². The average Bonchev–Trinajstić information content (AvgIpc) is 2.43. The van der Waals surface area contributed by atoms with E-state index in [1.54, 1.807) is 0 Å². The molecule has 1 heterocycles. The highest BCUT2D eigenvalue weighted by Crippen LogP contribution is 2.20. The fraction of sp³-hybridized carbons (Fsp3) is 0.308. The molecule has 0 aliphatic carbocycles. The van der Waals surface area contributed by atoms with Crippen LogP contribution in [0.2, 0.25) is 0 Å². The van der Waals surface area contributed by atoms with E-state index in [2.05, 4.69) is 17.2 Å². The van der Waals surface area contributed by atoms with Gasteiger partial charge in [-0.25, -0.2) is 0 Å². The Kier molecular flexibility index (Phi) is 4.11. The Morgan fingerprint density at radius 2 is 2.00 bits per heavy atom. The third kappa shape index (κ3) is 2.63. The Morgan fingerprint density at radius 1 is 1.31 bits per heavy atom. The van der Waals surface area contributed by atoms with E-state index in [4.69, 9.17) is 0 Å². The zero-order chi connectivity index (χ0) is 12.1. The van der Waals surface area contributed by atoms with Crippen molar-refractivity contribution in [2.24, 2.45) is 0 Å². The van der Waals surface area contributed by atoms with Gasteiger partial charge >= 0.3 is 0 Å². The van der Waals surface area contributed by atoms with Gasteiger partial charge in [-0.2, -0.15) is 0 Å². The van der Waals surface area contributed by atoms with Crippen molar-refractivity contribution in [1.82, 2.24) is 5.32 Å². The van der Waals surface area contributed by atoms with Gasteiger partial charge in [-0.15, -0.1) is 0 Å². The van der Waals surface area contributed by atoms with Crippen LogP contribution in [0.5, 0.6) is 0 Å². The van der Waals surface area contributed by atoms with E-state index in [1.165, 1.54) is 0 Å². The summed E-state index contributed by atoms with van der Waals surface area (Å²) in [4.78, 5) is 11.6. The molecule has 1 aromatic rings. The van der Waals surface area contributed by atoms with Gasteiger partial charge in [-0.05, 0) is 19.1 Å². The van der Waals surface area contributed by atoms with Gasteiger partial charge in [0.05, 0.1) is 17.8 Å². The molecular weight excluding hydrogens is 200 g/mol. The Bertz CT molecular complexity index is 410. The first-order chi connectivity index (χ1) is 7.66. The lowest BCUT2D eigenvalue weighted by atomic mass is 10.1. The van der Waals surface area contributed by atoms with Gasteiger partial charge in [0.15, 0.2) is 0 Å². The summed E-state index contributed by atoms with van der Waals surface area (Å²) >= 11 is 0. The highest BCUT2D eigenvalue weighted by atomic mass is 16.1. The maximum absolute atomic E-state index is 11.6. The van der Waals surface area contributed by atoms with Crippen molar-refractivity contribution < 1.29 is 4.79 Å². The van der Waals surface area contributed by atoms with Crippen LogP contribution in [0, 0.1) is 6.92 Å². The molecule has 1 amide bonds. The van der Waals surface area contributed by atoms with Crippen LogP contribution >= 0.6 is 0 Å². The number of fused-ring (bicyclic) bond motifs is 1. The number of rotatable bonds is 0. The molecule has 0 spiro atoms. The second-order valence-electron chi connectivity index (χ2n) is 3.46. The van der Waals surface area contributed by atoms with Gasteiger partial charge in [0, 0.05) is 5.70 Å². The molecule has 86 valence electrons. The van der Waals surface area contributed by atoms with Crippen molar-refractivity contribution in [2.75, 3.05) is 11.9 Å². The van der Waals surface area contributed by atoms with Crippen molar-refractivity contribution >= 4 is 11.6 Å². The van der Waals surface area contributed by atoms with Gasteiger partial charge in [-0.1, -0.05) is 32.1 Å². The van der Waals surface area contributed by atoms with Crippen LogP contribution in [0.3, 0.4) is 0 Å². The van der Waals surface area contributed by atoms with Crippen molar-refractivity contribution in [3.05, 3.63) is 41.6 Å². The average molecular weight is 218 g/mol. The van der Waals surface area contributed by atoms with E-state index in [1.807, 2.05) is 39.0 Å². The number of amides is 1. The summed E-state index contributed by atoms with van der Waals surface area (Å²) in [6.45, 7) is 10.2. The predicted molar refractivity (Wildman–Crippen MR) is 67.6 cm³/mol. The van der Waals surface area contributed by atoms with E-state index < -0.39 is 0 Å². The minimum absolute atomic E-state index is 0.0464. The summed E-state index contributed by atoms with van der Waals surface area (Å²) in [6.07, 6.45) is 0. The van der Waals surface area contributed by atoms with Crippen LogP contribution in [0.4, 0.5) is 5.69 Å². The maximum atomic E-state index is 11.6. The number of carbonyl (C=O) groups is 1. The van der Waals surface area contributed by atoms with Crippen LogP contribution in [0.25, 0.3) is 0 Å². The second kappa shape index (κ2) is 5.35. The lowest BCUT2D eigenvalue weighted by Gasteiger charge is -2.06. The molecule has 16 heavy (non-hydrogen) atoms. The quantitative estimate of drug-likeness (QED) is 0.703. The molecule has 2 N–H and O–H groups in total. The highest BCUT2D eigenvalue weighted by molar-refractivity contribution is 6.01. The van der Waals surface area contributed by atoms with Crippen LogP contribution < -0.4 is 10.6 Å². The molecular formula is C13H18N2O. The minimum atomic E-state index is -0.0464. The molecule has 2 rings (SSSR count). The van der Waals surface area contributed by atoms with Crippen molar-refractivity contribution in [2.45, 2.75) is 20.8 Å². The number of nitrogens with one attached hydrogen (secondary N) is 2. The number of benzene rings is 1. The summed E-state index contributed by atoms with van der Waals surface area (Å²) in [5, 5.41) is 5.88. The summed E-state index contributed by atoms with van der Waals surface area (Å²) < 4.78 is 0. The van der Waals surface area contributed by atoms with Crippen LogP contribution in [-0.4, -0.2) is 12.5 Å². The fourth-order valence-corrected chi connectivity index (χ4v) is 1.47. The van der Waals surface area contributed by atoms with Crippen molar-refractivity contribution in [1.29, 1.82) is 0 Å². The topological polar surface area (TPSA) is 41.1 Å². The molecule has 0 atom stereocenters. The largest absolute Gasteiger partial charge is 0.357 e. The van der Waals surface area contributed by atoms with E-state index in [9.17, 15) is 4.79 Å². The Hall–Kier alpha value is -1.77. The molecule has 0 unspecified atom stereocenters. The third-order valence-corrected chi connectivity index (χ3v) is 2.19. The first-order valence-corrected chi connectivity index (χ1v) is 5.50. The van der Waals surface area contributed by atoms with E-state index >= 15 is 0 Å². The number of carbonyl (C=O) groups excluding carboxylic acids is 1. The molecule has 1 aromatic carbocycles. The minimum Gasteiger partial charge on any atom is -0.357 e. The summed E-state index contributed by atoms with van der Waals surface area (Å²) in [7, 11) is 0.